The van der Waals surface area contributed by atoms with Crippen molar-refractivity contribution < 1.29 is 4.74 Å². The molecule has 1 heterocycles. The normalized spacial score (nSPS) is 10.3. The van der Waals surface area contributed by atoms with Crippen molar-refractivity contribution in [3.05, 3.63) is 78.5 Å². The summed E-state index contributed by atoms with van der Waals surface area (Å²) in [5, 5.41) is 3.22. The Labute approximate surface area is 137 Å². The Morgan fingerprint density at radius 3 is 2.22 bits per heavy atom. The summed E-state index contributed by atoms with van der Waals surface area (Å²) in [5.41, 5.74) is 3.69. The molecule has 0 atom stereocenters. The highest BCUT2D eigenvalue weighted by atomic mass is 16.5. The molecule has 3 aromatic rings. The van der Waals surface area contributed by atoms with Crippen LogP contribution in [0.1, 0.15) is 5.56 Å². The van der Waals surface area contributed by atoms with Crippen molar-refractivity contribution in [1.82, 2.24) is 4.98 Å². The van der Waals surface area contributed by atoms with Crippen LogP contribution in [0.25, 0.3) is 11.1 Å². The maximum atomic E-state index is 5.75. The third-order valence-corrected chi connectivity index (χ3v) is 3.58. The summed E-state index contributed by atoms with van der Waals surface area (Å²) >= 11 is 0. The molecule has 1 N–H and O–H groups in total. The third-order valence-electron chi connectivity index (χ3n) is 3.58. The number of hydrogen-bond donors (Lipinski definition) is 1. The van der Waals surface area contributed by atoms with Crippen LogP contribution in [-0.2, 0) is 0 Å². The zero-order valence-electron chi connectivity index (χ0n) is 13.2. The predicted octanol–water partition coefficient (Wildman–Crippen LogP) is 4.55. The lowest BCUT2D eigenvalue weighted by atomic mass is 10.0. The van der Waals surface area contributed by atoms with Gasteiger partial charge in [0.05, 0.1) is 6.54 Å². The molecule has 0 aliphatic heterocycles. The number of rotatable bonds is 6. The Hall–Kier alpha value is -2.81. The van der Waals surface area contributed by atoms with Crippen LogP contribution >= 0.6 is 0 Å². The second-order valence-corrected chi connectivity index (χ2v) is 5.38. The Morgan fingerprint density at radius 2 is 1.57 bits per heavy atom. The van der Waals surface area contributed by atoms with Gasteiger partial charge in [-0.15, -0.1) is 0 Å². The molecule has 0 aliphatic carbocycles. The Balaban J connectivity index is 1.50. The number of hydrogen-bond acceptors (Lipinski definition) is 3. The average molecular weight is 304 g/mol. The maximum absolute atomic E-state index is 5.75. The van der Waals surface area contributed by atoms with E-state index in [2.05, 4.69) is 53.6 Å². The number of aryl methyl sites for hydroxylation is 1. The number of nitrogens with one attached hydrogen (secondary N) is 1. The van der Waals surface area contributed by atoms with E-state index in [-0.39, 0.29) is 0 Å². The second-order valence-electron chi connectivity index (χ2n) is 5.38. The fourth-order valence-electron chi connectivity index (χ4n) is 2.30. The molecule has 0 radical (unpaired) electrons. The van der Waals surface area contributed by atoms with E-state index in [4.69, 9.17) is 4.74 Å². The fraction of sp³-hybridized carbons (Fsp3) is 0.150. The van der Waals surface area contributed by atoms with E-state index in [1.807, 2.05) is 30.3 Å². The average Bonchev–Trinajstić information content (AvgIpc) is 2.61. The van der Waals surface area contributed by atoms with Crippen molar-refractivity contribution in [2.24, 2.45) is 0 Å². The van der Waals surface area contributed by atoms with Gasteiger partial charge < -0.3 is 10.1 Å². The van der Waals surface area contributed by atoms with Crippen molar-refractivity contribution in [2.75, 3.05) is 18.5 Å². The number of ether oxygens (including phenoxy) is 1. The first-order valence-electron chi connectivity index (χ1n) is 7.76. The van der Waals surface area contributed by atoms with Crippen molar-refractivity contribution >= 4 is 5.82 Å². The molecular weight excluding hydrogens is 284 g/mol. The molecule has 0 amide bonds. The number of nitrogens with zero attached hydrogens (tertiary/aromatic N) is 1. The van der Waals surface area contributed by atoms with Gasteiger partial charge in [0.25, 0.3) is 0 Å². The third kappa shape index (κ3) is 4.33. The molecule has 23 heavy (non-hydrogen) atoms. The molecule has 3 rings (SSSR count). The van der Waals surface area contributed by atoms with Crippen LogP contribution in [-0.4, -0.2) is 18.1 Å². The van der Waals surface area contributed by atoms with Gasteiger partial charge in [-0.1, -0.05) is 48.0 Å². The molecular formula is C20H20N2O. The van der Waals surface area contributed by atoms with Crippen LogP contribution in [0.3, 0.4) is 0 Å². The number of pyridine rings is 1. The summed E-state index contributed by atoms with van der Waals surface area (Å²) in [4.78, 5) is 4.21. The Morgan fingerprint density at radius 1 is 0.870 bits per heavy atom. The van der Waals surface area contributed by atoms with E-state index in [0.717, 1.165) is 18.1 Å². The van der Waals surface area contributed by atoms with E-state index in [1.54, 1.807) is 6.20 Å². The van der Waals surface area contributed by atoms with Crippen LogP contribution in [0.2, 0.25) is 0 Å². The second kappa shape index (κ2) is 7.45. The highest BCUT2D eigenvalue weighted by molar-refractivity contribution is 5.64. The lowest BCUT2D eigenvalue weighted by Gasteiger charge is -2.09. The van der Waals surface area contributed by atoms with E-state index in [1.165, 1.54) is 16.7 Å². The van der Waals surface area contributed by atoms with Gasteiger partial charge in [0.15, 0.2) is 0 Å². The zero-order chi connectivity index (χ0) is 15.9. The van der Waals surface area contributed by atoms with E-state index >= 15 is 0 Å². The summed E-state index contributed by atoms with van der Waals surface area (Å²) in [7, 11) is 0. The minimum Gasteiger partial charge on any atom is -0.492 e. The molecule has 0 unspecified atom stereocenters. The van der Waals surface area contributed by atoms with Gasteiger partial charge in [-0.25, -0.2) is 4.98 Å². The molecule has 3 nitrogen and oxygen atoms in total. The van der Waals surface area contributed by atoms with E-state index in [0.29, 0.717) is 6.61 Å². The van der Waals surface area contributed by atoms with E-state index < -0.39 is 0 Å². The summed E-state index contributed by atoms with van der Waals surface area (Å²) in [5.74, 6) is 1.74. The van der Waals surface area contributed by atoms with Gasteiger partial charge in [-0.05, 0) is 42.3 Å². The highest BCUT2D eigenvalue weighted by Crippen LogP contribution is 2.22. The monoisotopic (exact) mass is 304 g/mol. The van der Waals surface area contributed by atoms with Gasteiger partial charge in [-0.3, -0.25) is 0 Å². The van der Waals surface area contributed by atoms with Crippen LogP contribution in [0.5, 0.6) is 5.75 Å². The first-order chi connectivity index (χ1) is 11.3. The number of aromatic nitrogens is 1. The van der Waals surface area contributed by atoms with Crippen LogP contribution in [0.4, 0.5) is 5.82 Å². The quantitative estimate of drug-likeness (QED) is 0.678. The van der Waals surface area contributed by atoms with Gasteiger partial charge in [-0.2, -0.15) is 0 Å². The van der Waals surface area contributed by atoms with Gasteiger partial charge in [0.1, 0.15) is 18.2 Å². The number of anilines is 1. The smallest absolute Gasteiger partial charge is 0.125 e. The first-order valence-corrected chi connectivity index (χ1v) is 7.76. The molecule has 1 aromatic heterocycles. The van der Waals surface area contributed by atoms with Crippen LogP contribution in [0, 0.1) is 6.92 Å². The van der Waals surface area contributed by atoms with Gasteiger partial charge in [0.2, 0.25) is 0 Å². The van der Waals surface area contributed by atoms with Crippen molar-refractivity contribution in [2.45, 2.75) is 6.92 Å². The van der Waals surface area contributed by atoms with Crippen molar-refractivity contribution in [3.63, 3.8) is 0 Å². The first kappa shape index (κ1) is 15.1. The lowest BCUT2D eigenvalue weighted by molar-refractivity contribution is 0.333. The molecule has 0 spiro atoms. The summed E-state index contributed by atoms with van der Waals surface area (Å²) in [6.07, 6.45) is 1.77. The maximum Gasteiger partial charge on any atom is 0.125 e. The van der Waals surface area contributed by atoms with Gasteiger partial charge >= 0.3 is 0 Å². The molecule has 2 aromatic carbocycles. The Kier molecular flexibility index (Phi) is 4.89. The van der Waals surface area contributed by atoms with E-state index in [9.17, 15) is 0 Å². The minimum absolute atomic E-state index is 0.598. The molecule has 0 fully saturated rings. The minimum atomic E-state index is 0.598. The summed E-state index contributed by atoms with van der Waals surface area (Å²) < 4.78 is 5.75. The summed E-state index contributed by atoms with van der Waals surface area (Å²) in [6, 6.07) is 22.5. The van der Waals surface area contributed by atoms with Gasteiger partial charge in [0, 0.05) is 6.20 Å². The fourth-order valence-corrected chi connectivity index (χ4v) is 2.30. The standard InChI is InChI=1S/C20H20N2O/c1-16-5-7-17(8-6-16)18-9-11-19(12-10-18)23-15-14-22-20-4-2-3-13-21-20/h2-13H,14-15H2,1H3,(H,21,22). The number of benzene rings is 2. The lowest BCUT2D eigenvalue weighted by Crippen LogP contribution is -2.12. The Bertz CT molecular complexity index is 722. The molecule has 0 saturated carbocycles. The molecule has 0 aliphatic rings. The zero-order valence-corrected chi connectivity index (χ0v) is 13.2. The van der Waals surface area contributed by atoms with Crippen LogP contribution in [0.15, 0.2) is 72.9 Å². The van der Waals surface area contributed by atoms with Crippen molar-refractivity contribution in [1.29, 1.82) is 0 Å². The van der Waals surface area contributed by atoms with Crippen molar-refractivity contribution in [3.8, 4) is 16.9 Å². The SMILES string of the molecule is Cc1ccc(-c2ccc(OCCNc3ccccn3)cc2)cc1. The molecule has 0 saturated heterocycles. The van der Waals surface area contributed by atoms with Crippen LogP contribution < -0.4 is 10.1 Å². The predicted molar refractivity (Wildman–Crippen MR) is 94.8 cm³/mol. The highest BCUT2D eigenvalue weighted by Gasteiger charge is 1.99. The molecule has 116 valence electrons. The largest absolute Gasteiger partial charge is 0.492 e. The molecule has 3 heteroatoms. The molecule has 0 bridgehead atoms. The topological polar surface area (TPSA) is 34.1 Å². The summed E-state index contributed by atoms with van der Waals surface area (Å²) in [6.45, 7) is 3.41.